The number of benzene rings is 2. The van der Waals surface area contributed by atoms with E-state index in [9.17, 15) is 4.79 Å². The summed E-state index contributed by atoms with van der Waals surface area (Å²) in [7, 11) is 3.15. The van der Waals surface area contributed by atoms with Crippen LogP contribution in [0, 0.1) is 5.92 Å². The smallest absolute Gasteiger partial charge is 0.231 e. The molecule has 0 aliphatic carbocycles. The van der Waals surface area contributed by atoms with Crippen LogP contribution in [0.3, 0.4) is 0 Å². The van der Waals surface area contributed by atoms with Crippen LogP contribution in [0.25, 0.3) is 10.9 Å². The lowest BCUT2D eigenvalue weighted by atomic mass is 9.89. The van der Waals surface area contributed by atoms with Crippen molar-refractivity contribution in [3.63, 3.8) is 0 Å². The molecule has 0 bridgehead atoms. The SMILES string of the molecule is COc1cc2nc(N3CCC(C(=O)c4ccc5c(c4)OCO5)CC3)nc(N)c2cc1OC. The first-order chi connectivity index (χ1) is 15.6. The molecular weight excluding hydrogens is 412 g/mol. The average Bonchev–Trinajstić information content (AvgIpc) is 3.31. The molecule has 9 heteroatoms. The van der Waals surface area contributed by atoms with E-state index in [1.807, 2.05) is 0 Å². The van der Waals surface area contributed by atoms with Crippen molar-refractivity contribution in [1.82, 2.24) is 9.97 Å². The van der Waals surface area contributed by atoms with Crippen molar-refractivity contribution >= 4 is 28.5 Å². The van der Waals surface area contributed by atoms with Crippen molar-refractivity contribution in [3.05, 3.63) is 35.9 Å². The van der Waals surface area contributed by atoms with Crippen LogP contribution in [0.2, 0.25) is 0 Å². The van der Waals surface area contributed by atoms with Gasteiger partial charge in [-0.25, -0.2) is 4.98 Å². The predicted octanol–water partition coefficient (Wildman–Crippen LogP) is 3.06. The first kappa shape index (κ1) is 20.2. The lowest BCUT2D eigenvalue weighted by Gasteiger charge is -2.31. The molecule has 0 atom stereocenters. The number of carbonyl (C=O) groups excluding carboxylic acids is 1. The number of carbonyl (C=O) groups is 1. The Kier molecular flexibility index (Phi) is 5.08. The molecule has 1 aromatic heterocycles. The van der Waals surface area contributed by atoms with E-state index in [0.717, 1.165) is 0 Å². The average molecular weight is 436 g/mol. The van der Waals surface area contributed by atoms with Gasteiger partial charge in [0.1, 0.15) is 5.82 Å². The number of anilines is 2. The van der Waals surface area contributed by atoms with E-state index in [4.69, 9.17) is 29.7 Å². The molecule has 0 unspecified atom stereocenters. The Labute approximate surface area is 185 Å². The fraction of sp³-hybridized carbons (Fsp3) is 0.348. The molecule has 2 N–H and O–H groups in total. The third-order valence-corrected chi connectivity index (χ3v) is 6.02. The van der Waals surface area contributed by atoms with Crippen LogP contribution in [0.1, 0.15) is 23.2 Å². The fourth-order valence-electron chi connectivity index (χ4n) is 4.24. The molecular formula is C23H24N4O5. The molecule has 166 valence electrons. The summed E-state index contributed by atoms with van der Waals surface area (Å²) < 4.78 is 21.5. The number of aromatic nitrogens is 2. The zero-order valence-electron chi connectivity index (χ0n) is 18.0. The summed E-state index contributed by atoms with van der Waals surface area (Å²) in [6.45, 7) is 1.53. The number of hydrogen-bond donors (Lipinski definition) is 1. The van der Waals surface area contributed by atoms with E-state index in [1.165, 1.54) is 0 Å². The lowest BCUT2D eigenvalue weighted by molar-refractivity contribution is 0.0900. The van der Waals surface area contributed by atoms with Crippen molar-refractivity contribution in [2.24, 2.45) is 5.92 Å². The molecule has 5 rings (SSSR count). The zero-order chi connectivity index (χ0) is 22.2. The van der Waals surface area contributed by atoms with Crippen molar-refractivity contribution in [1.29, 1.82) is 0 Å². The standard InChI is InChI=1S/C23H24N4O5/c1-29-18-10-15-16(11-19(18)30-2)25-23(26-22(15)24)27-7-5-13(6-8-27)21(28)14-3-4-17-20(9-14)32-12-31-17/h3-4,9-11,13H,5-8,12H2,1-2H3,(H2,24,25,26). The predicted molar refractivity (Wildman–Crippen MR) is 119 cm³/mol. The Balaban J connectivity index is 1.33. The number of ether oxygens (including phenoxy) is 4. The third kappa shape index (κ3) is 3.49. The molecule has 1 fully saturated rings. The first-order valence-electron chi connectivity index (χ1n) is 10.5. The Morgan fingerprint density at radius 2 is 1.75 bits per heavy atom. The second-order valence-electron chi connectivity index (χ2n) is 7.83. The monoisotopic (exact) mass is 436 g/mol. The van der Waals surface area contributed by atoms with E-state index in [-0.39, 0.29) is 18.5 Å². The van der Waals surface area contributed by atoms with E-state index in [2.05, 4.69) is 9.88 Å². The maximum atomic E-state index is 13.0. The Bertz CT molecular complexity index is 1190. The molecule has 1 saturated heterocycles. The van der Waals surface area contributed by atoms with Crippen LogP contribution in [0.5, 0.6) is 23.0 Å². The van der Waals surface area contributed by atoms with Gasteiger partial charge in [0.15, 0.2) is 28.8 Å². The van der Waals surface area contributed by atoms with Gasteiger partial charge in [0.2, 0.25) is 12.7 Å². The largest absolute Gasteiger partial charge is 0.493 e. The summed E-state index contributed by atoms with van der Waals surface area (Å²) >= 11 is 0. The van der Waals surface area contributed by atoms with Gasteiger partial charge in [-0.3, -0.25) is 4.79 Å². The summed E-state index contributed by atoms with van der Waals surface area (Å²) in [6, 6.07) is 8.94. The van der Waals surface area contributed by atoms with E-state index < -0.39 is 0 Å². The quantitative estimate of drug-likeness (QED) is 0.604. The Morgan fingerprint density at radius 3 is 2.50 bits per heavy atom. The summed E-state index contributed by atoms with van der Waals surface area (Å²) in [5.41, 5.74) is 7.56. The molecule has 0 radical (unpaired) electrons. The molecule has 2 aliphatic heterocycles. The molecule has 2 aliphatic rings. The van der Waals surface area contributed by atoms with Gasteiger partial charge >= 0.3 is 0 Å². The number of rotatable bonds is 5. The second-order valence-corrected chi connectivity index (χ2v) is 7.83. The maximum Gasteiger partial charge on any atom is 0.231 e. The number of nitrogens with two attached hydrogens (primary N) is 1. The third-order valence-electron chi connectivity index (χ3n) is 6.02. The van der Waals surface area contributed by atoms with Crippen molar-refractivity contribution in [3.8, 4) is 23.0 Å². The highest BCUT2D eigenvalue weighted by Crippen LogP contribution is 2.36. The molecule has 3 heterocycles. The fourth-order valence-corrected chi connectivity index (χ4v) is 4.24. The lowest BCUT2D eigenvalue weighted by Crippen LogP contribution is -2.37. The number of methoxy groups -OCH3 is 2. The molecule has 0 saturated carbocycles. The molecule has 32 heavy (non-hydrogen) atoms. The van der Waals surface area contributed by atoms with E-state index in [1.54, 1.807) is 44.6 Å². The maximum absolute atomic E-state index is 13.0. The number of hydrogen-bond acceptors (Lipinski definition) is 9. The van der Waals surface area contributed by atoms with E-state index in [0.29, 0.717) is 77.2 Å². The van der Waals surface area contributed by atoms with Crippen LogP contribution in [-0.2, 0) is 0 Å². The zero-order valence-corrected chi connectivity index (χ0v) is 18.0. The van der Waals surface area contributed by atoms with Gasteiger partial charge in [-0.2, -0.15) is 4.98 Å². The molecule has 9 nitrogen and oxygen atoms in total. The highest BCUT2D eigenvalue weighted by Gasteiger charge is 2.28. The number of piperidine rings is 1. The number of nitrogen functional groups attached to an aromatic ring is 1. The van der Waals surface area contributed by atoms with Crippen LogP contribution >= 0.6 is 0 Å². The first-order valence-corrected chi connectivity index (χ1v) is 10.5. The minimum absolute atomic E-state index is 0.0613. The number of ketones is 1. The molecule has 0 spiro atoms. The van der Waals surface area contributed by atoms with Gasteiger partial charge in [-0.15, -0.1) is 0 Å². The van der Waals surface area contributed by atoms with Gasteiger partial charge in [-0.1, -0.05) is 0 Å². The van der Waals surface area contributed by atoms with Crippen LogP contribution < -0.4 is 29.6 Å². The normalized spacial score (nSPS) is 15.8. The van der Waals surface area contributed by atoms with Crippen molar-refractivity contribution in [2.75, 3.05) is 44.7 Å². The van der Waals surface area contributed by atoms with Crippen molar-refractivity contribution in [2.45, 2.75) is 12.8 Å². The van der Waals surface area contributed by atoms with Crippen LogP contribution in [0.4, 0.5) is 11.8 Å². The van der Waals surface area contributed by atoms with Crippen LogP contribution in [-0.4, -0.2) is 49.9 Å². The second kappa shape index (κ2) is 8.07. The highest BCUT2D eigenvalue weighted by atomic mass is 16.7. The topological polar surface area (TPSA) is 109 Å². The Morgan fingerprint density at radius 1 is 1.03 bits per heavy atom. The molecule has 0 amide bonds. The number of nitrogens with zero attached hydrogens (tertiary/aromatic N) is 3. The summed E-state index contributed by atoms with van der Waals surface area (Å²) in [4.78, 5) is 24.3. The Hall–Kier alpha value is -3.75. The van der Waals surface area contributed by atoms with Gasteiger partial charge < -0.3 is 29.6 Å². The number of fused-ring (bicyclic) bond motifs is 2. The summed E-state index contributed by atoms with van der Waals surface area (Å²) in [6.07, 6.45) is 1.42. The summed E-state index contributed by atoms with van der Waals surface area (Å²) in [5.74, 6) is 3.45. The summed E-state index contributed by atoms with van der Waals surface area (Å²) in [5, 5.41) is 0.708. The molecule has 3 aromatic rings. The number of Topliss-reactive ketones (excluding diaryl/α,β-unsaturated/α-hetero) is 1. The highest BCUT2D eigenvalue weighted by molar-refractivity contribution is 5.98. The van der Waals surface area contributed by atoms with Crippen LogP contribution in [0.15, 0.2) is 30.3 Å². The van der Waals surface area contributed by atoms with Gasteiger partial charge in [-0.05, 0) is 37.1 Å². The molecule has 2 aromatic carbocycles. The minimum atomic E-state index is -0.0613. The minimum Gasteiger partial charge on any atom is -0.493 e. The van der Waals surface area contributed by atoms with Crippen molar-refractivity contribution < 1.29 is 23.7 Å². The van der Waals surface area contributed by atoms with Gasteiger partial charge in [0, 0.05) is 36.0 Å². The van der Waals surface area contributed by atoms with E-state index >= 15 is 0 Å². The van der Waals surface area contributed by atoms with Gasteiger partial charge in [0.05, 0.1) is 19.7 Å². The van der Waals surface area contributed by atoms with Gasteiger partial charge in [0.25, 0.3) is 0 Å².